The van der Waals surface area contributed by atoms with Gasteiger partial charge in [0.2, 0.25) is 0 Å². The van der Waals surface area contributed by atoms with E-state index in [1.807, 2.05) is 38.2 Å². The van der Waals surface area contributed by atoms with Gasteiger partial charge in [0.15, 0.2) is 0 Å². The zero-order valence-electron chi connectivity index (χ0n) is 10.1. The topological polar surface area (TPSA) is 0 Å². The Hall–Kier alpha value is -2.00. The van der Waals surface area contributed by atoms with Gasteiger partial charge in [-0.2, -0.15) is 0 Å². The Labute approximate surface area is 99.1 Å². The van der Waals surface area contributed by atoms with Crippen LogP contribution in [0.4, 0.5) is 0 Å². The molecule has 0 aromatic carbocycles. The molecule has 0 spiro atoms. The number of allylic oxidation sites excluding steroid dienone is 9. The van der Waals surface area contributed by atoms with Gasteiger partial charge in [0.1, 0.15) is 0 Å². The maximum atomic E-state index is 5.40. The largest absolute Gasteiger partial charge is 0.115 e. The molecule has 0 bridgehead atoms. The van der Waals surface area contributed by atoms with Crippen molar-refractivity contribution in [3.8, 4) is 12.3 Å². The lowest BCUT2D eigenvalue weighted by Crippen LogP contribution is -1.85. The molecule has 0 heteroatoms. The fourth-order valence-corrected chi connectivity index (χ4v) is 0.973. The van der Waals surface area contributed by atoms with Crippen LogP contribution in [0.2, 0.25) is 0 Å². The van der Waals surface area contributed by atoms with E-state index in [0.717, 1.165) is 16.7 Å². The van der Waals surface area contributed by atoms with E-state index in [4.69, 9.17) is 6.42 Å². The Kier molecular flexibility index (Phi) is 6.40. The zero-order chi connectivity index (χ0) is 12.6. The predicted molar refractivity (Wildman–Crippen MR) is 74.0 cm³/mol. The normalized spacial score (nSPS) is 12.3. The van der Waals surface area contributed by atoms with Crippen molar-refractivity contribution < 1.29 is 0 Å². The van der Waals surface area contributed by atoms with Crippen LogP contribution in [0.5, 0.6) is 0 Å². The summed E-state index contributed by atoms with van der Waals surface area (Å²) < 4.78 is 0. The maximum absolute atomic E-state index is 5.40. The van der Waals surface area contributed by atoms with Crippen LogP contribution < -0.4 is 0 Å². The summed E-state index contributed by atoms with van der Waals surface area (Å²) >= 11 is 0. The smallest absolute Gasteiger partial charge is 0.0314 e. The van der Waals surface area contributed by atoms with Crippen molar-refractivity contribution in [2.75, 3.05) is 0 Å². The molecule has 0 aromatic heterocycles. The Balaban J connectivity index is 5.02. The Morgan fingerprint density at radius 1 is 1.25 bits per heavy atom. The molecular weight excluding hydrogens is 192 g/mol. The minimum absolute atomic E-state index is 0.716. The van der Waals surface area contributed by atoms with E-state index in [9.17, 15) is 0 Å². The van der Waals surface area contributed by atoms with Crippen molar-refractivity contribution in [3.05, 3.63) is 72.4 Å². The highest BCUT2D eigenvalue weighted by Crippen LogP contribution is 2.15. The molecule has 0 atom stereocenters. The maximum Gasteiger partial charge on any atom is 0.0314 e. The van der Waals surface area contributed by atoms with Gasteiger partial charge in [-0.05, 0) is 36.6 Å². The molecule has 0 rings (SSSR count). The second-order valence-electron chi connectivity index (χ2n) is 3.33. The molecule has 0 aliphatic rings. The van der Waals surface area contributed by atoms with Gasteiger partial charge < -0.3 is 0 Å². The zero-order valence-corrected chi connectivity index (χ0v) is 10.1. The van der Waals surface area contributed by atoms with Crippen molar-refractivity contribution >= 4 is 0 Å². The first-order valence-electron chi connectivity index (χ1n) is 5.05. The van der Waals surface area contributed by atoms with Crippen molar-refractivity contribution in [3.63, 3.8) is 0 Å². The van der Waals surface area contributed by atoms with Crippen LogP contribution in [0.15, 0.2) is 72.4 Å². The summed E-state index contributed by atoms with van der Waals surface area (Å²) in [5.74, 6) is 2.58. The Bertz CT molecular complexity index is 417. The Morgan fingerprint density at radius 3 is 2.31 bits per heavy atom. The first kappa shape index (κ1) is 14.0. The van der Waals surface area contributed by atoms with E-state index >= 15 is 0 Å². The number of hydrogen-bond donors (Lipinski definition) is 0. The average Bonchev–Trinajstić information content (AvgIpc) is 2.31. The lowest BCUT2D eigenvalue weighted by Gasteiger charge is -2.02. The van der Waals surface area contributed by atoms with Crippen molar-refractivity contribution in [1.82, 2.24) is 0 Å². The van der Waals surface area contributed by atoms with Crippen LogP contribution in [0.25, 0.3) is 0 Å². The molecule has 0 aliphatic carbocycles. The lowest BCUT2D eigenvalue weighted by atomic mass is 10.0. The summed E-state index contributed by atoms with van der Waals surface area (Å²) in [5, 5.41) is 0. The van der Waals surface area contributed by atoms with Gasteiger partial charge in [-0.15, -0.1) is 6.42 Å². The van der Waals surface area contributed by atoms with E-state index in [0.29, 0.717) is 5.57 Å². The average molecular weight is 210 g/mol. The van der Waals surface area contributed by atoms with Crippen LogP contribution >= 0.6 is 0 Å². The molecule has 0 unspecified atom stereocenters. The highest BCUT2D eigenvalue weighted by atomic mass is 14.0. The van der Waals surface area contributed by atoms with Gasteiger partial charge in [-0.3, -0.25) is 0 Å². The quantitative estimate of drug-likeness (QED) is 0.467. The predicted octanol–water partition coefficient (Wildman–Crippen LogP) is 4.37. The summed E-state index contributed by atoms with van der Waals surface area (Å²) in [4.78, 5) is 0. The van der Waals surface area contributed by atoms with Gasteiger partial charge in [0.25, 0.3) is 0 Å². The van der Waals surface area contributed by atoms with E-state index in [1.165, 1.54) is 0 Å². The van der Waals surface area contributed by atoms with Crippen LogP contribution in [0.3, 0.4) is 0 Å². The van der Waals surface area contributed by atoms with Gasteiger partial charge >= 0.3 is 0 Å². The first-order chi connectivity index (χ1) is 7.56. The summed E-state index contributed by atoms with van der Waals surface area (Å²) in [6.07, 6.45) is 14.8. The van der Waals surface area contributed by atoms with Crippen LogP contribution in [0, 0.1) is 12.3 Å². The van der Waals surface area contributed by atoms with Crippen LogP contribution in [0.1, 0.15) is 13.8 Å². The molecule has 0 heterocycles. The van der Waals surface area contributed by atoms with Crippen molar-refractivity contribution in [2.45, 2.75) is 13.8 Å². The minimum Gasteiger partial charge on any atom is -0.115 e. The number of terminal acetylenes is 1. The third-order valence-electron chi connectivity index (χ3n) is 2.11. The Morgan fingerprint density at radius 2 is 1.88 bits per heavy atom. The second-order valence-corrected chi connectivity index (χ2v) is 3.33. The van der Waals surface area contributed by atoms with Crippen molar-refractivity contribution in [1.29, 1.82) is 0 Å². The van der Waals surface area contributed by atoms with Crippen LogP contribution in [-0.4, -0.2) is 0 Å². The molecule has 0 aliphatic heterocycles. The second kappa shape index (κ2) is 7.31. The number of hydrogen-bond acceptors (Lipinski definition) is 0. The SMILES string of the molecule is C#C/C(=C/C(=C)/C(C)=C\C=C/C)C(=C)C=C. The third-order valence-corrected chi connectivity index (χ3v) is 2.11. The fourth-order valence-electron chi connectivity index (χ4n) is 0.973. The van der Waals surface area contributed by atoms with Gasteiger partial charge in [-0.1, -0.05) is 50.0 Å². The molecule has 0 saturated carbocycles. The lowest BCUT2D eigenvalue weighted by molar-refractivity contribution is 1.42. The standard InChI is InChI=1S/C16H18/c1-7-10-11-14(5)15(6)12-16(9-3)13(4)8-2/h3,7-8,10-12H,2,4,6H2,1,5H3/b10-7-,14-11-,16-12-. The van der Waals surface area contributed by atoms with Crippen molar-refractivity contribution in [2.24, 2.45) is 0 Å². The fraction of sp³-hybridized carbons (Fsp3) is 0.125. The minimum atomic E-state index is 0.716. The molecule has 0 amide bonds. The summed E-state index contributed by atoms with van der Waals surface area (Å²) in [6.45, 7) is 15.4. The molecular formula is C16H18. The summed E-state index contributed by atoms with van der Waals surface area (Å²) in [5.41, 5.74) is 3.41. The highest BCUT2D eigenvalue weighted by molar-refractivity contribution is 5.53. The molecule has 0 aromatic rings. The molecule has 0 saturated heterocycles. The van der Waals surface area contributed by atoms with Gasteiger partial charge in [0.05, 0.1) is 0 Å². The van der Waals surface area contributed by atoms with Gasteiger partial charge in [0, 0.05) is 5.57 Å². The van der Waals surface area contributed by atoms with E-state index < -0.39 is 0 Å². The molecule has 82 valence electrons. The third kappa shape index (κ3) is 4.48. The van der Waals surface area contributed by atoms with E-state index in [-0.39, 0.29) is 0 Å². The monoisotopic (exact) mass is 210 g/mol. The highest BCUT2D eigenvalue weighted by Gasteiger charge is 1.98. The van der Waals surface area contributed by atoms with Gasteiger partial charge in [-0.25, -0.2) is 0 Å². The van der Waals surface area contributed by atoms with E-state index in [1.54, 1.807) is 6.08 Å². The first-order valence-corrected chi connectivity index (χ1v) is 5.05. The molecule has 0 nitrogen and oxygen atoms in total. The molecule has 0 radical (unpaired) electrons. The van der Waals surface area contributed by atoms with E-state index in [2.05, 4.69) is 25.7 Å². The molecule has 0 fully saturated rings. The summed E-state index contributed by atoms with van der Waals surface area (Å²) in [7, 11) is 0. The summed E-state index contributed by atoms with van der Waals surface area (Å²) in [6, 6.07) is 0. The molecule has 0 N–H and O–H groups in total. The number of rotatable bonds is 5. The van der Waals surface area contributed by atoms with Crippen LogP contribution in [-0.2, 0) is 0 Å². The molecule has 16 heavy (non-hydrogen) atoms.